The van der Waals surface area contributed by atoms with Crippen molar-refractivity contribution in [3.63, 3.8) is 0 Å². The second-order valence-electron chi connectivity index (χ2n) is 4.76. The predicted octanol–water partition coefficient (Wildman–Crippen LogP) is 2.79. The van der Waals surface area contributed by atoms with E-state index in [0.29, 0.717) is 17.9 Å². The van der Waals surface area contributed by atoms with Crippen molar-refractivity contribution in [3.8, 4) is 0 Å². The van der Waals surface area contributed by atoms with E-state index >= 15 is 0 Å². The molecule has 1 rings (SSSR count). The molecule has 0 aliphatic heterocycles. The summed E-state index contributed by atoms with van der Waals surface area (Å²) < 4.78 is 43.3. The van der Waals surface area contributed by atoms with Crippen LogP contribution in [0.15, 0.2) is 34.5 Å². The molecule has 0 aliphatic carbocycles. The summed E-state index contributed by atoms with van der Waals surface area (Å²) in [5.74, 6) is 0. The lowest BCUT2D eigenvalue weighted by Gasteiger charge is -2.11. The zero-order chi connectivity index (χ0) is 19.7. The number of hydrogen-bond donors (Lipinski definition) is 3. The molecule has 0 saturated carbocycles. The lowest BCUT2D eigenvalue weighted by molar-refractivity contribution is -0.137. The van der Waals surface area contributed by atoms with Crippen LogP contribution in [-0.4, -0.2) is 35.4 Å². The lowest BCUT2D eigenvalue weighted by Crippen LogP contribution is -2.31. The Labute approximate surface area is 159 Å². The topological polar surface area (TPSA) is 70.0 Å². The first-order valence-corrected chi connectivity index (χ1v) is 8.21. The highest BCUT2D eigenvalue weighted by Crippen LogP contribution is 2.29. The first-order chi connectivity index (χ1) is 12.2. The summed E-state index contributed by atoms with van der Waals surface area (Å²) in [6.07, 6.45) is -4.42. The average Bonchev–Trinajstić information content (AvgIpc) is 2.59. The molecular formula is C15H18F3N5OS2. The third-order valence-corrected chi connectivity index (χ3v) is 3.42. The van der Waals surface area contributed by atoms with Gasteiger partial charge in [-0.25, -0.2) is 5.43 Å². The summed E-state index contributed by atoms with van der Waals surface area (Å²) >= 11 is 9.85. The predicted molar refractivity (Wildman–Crippen MR) is 103 cm³/mol. The van der Waals surface area contributed by atoms with Gasteiger partial charge in [-0.05, 0) is 50.4 Å². The third kappa shape index (κ3) is 6.92. The summed E-state index contributed by atoms with van der Waals surface area (Å²) in [5, 5.41) is 11.1. The Morgan fingerprint density at radius 1 is 1.12 bits per heavy atom. The second-order valence-corrected chi connectivity index (χ2v) is 5.53. The van der Waals surface area contributed by atoms with Crippen LogP contribution in [0.25, 0.3) is 0 Å². The van der Waals surface area contributed by atoms with E-state index in [2.05, 4.69) is 26.4 Å². The number of halogens is 3. The molecule has 1 aromatic rings. The molecule has 0 atom stereocenters. The first-order valence-electron chi connectivity index (χ1n) is 7.39. The van der Waals surface area contributed by atoms with Crippen molar-refractivity contribution in [1.82, 2.24) is 16.2 Å². The minimum Gasteiger partial charge on any atom is -0.470 e. The maximum absolute atomic E-state index is 12.7. The van der Waals surface area contributed by atoms with Gasteiger partial charge >= 0.3 is 6.18 Å². The number of hydrazone groups is 2. The van der Waals surface area contributed by atoms with Gasteiger partial charge in [-0.1, -0.05) is 12.1 Å². The number of benzene rings is 1. The molecule has 0 fully saturated rings. The molecule has 0 unspecified atom stereocenters. The molecular weight excluding hydrogens is 387 g/mol. The smallest absolute Gasteiger partial charge is 0.416 e. The number of thiocarbonyl (C=S) groups is 2. The Morgan fingerprint density at radius 2 is 1.73 bits per heavy atom. The van der Waals surface area contributed by atoms with Gasteiger partial charge in [-0.2, -0.15) is 23.4 Å². The third-order valence-electron chi connectivity index (χ3n) is 2.92. The Hall–Kier alpha value is -2.27. The molecule has 0 saturated heterocycles. The minimum atomic E-state index is -4.42. The van der Waals surface area contributed by atoms with Gasteiger partial charge in [-0.15, -0.1) is 0 Å². The first kappa shape index (κ1) is 21.8. The molecule has 0 aliphatic rings. The van der Waals surface area contributed by atoms with Crippen LogP contribution in [0.5, 0.6) is 0 Å². The maximum atomic E-state index is 12.7. The molecule has 6 nitrogen and oxygen atoms in total. The Bertz CT molecular complexity index is 702. The number of nitrogens with one attached hydrogen (secondary N) is 3. The monoisotopic (exact) mass is 405 g/mol. The van der Waals surface area contributed by atoms with Crippen LogP contribution in [0.4, 0.5) is 13.2 Å². The molecule has 0 radical (unpaired) electrons. The SMILES string of the molecule is CCOC(=S)N/N=C(/C(C)=N/NC(=S)NC)c1ccc(C(F)(F)F)cc1. The summed E-state index contributed by atoms with van der Waals surface area (Å²) in [6.45, 7) is 3.72. The molecule has 0 spiro atoms. The van der Waals surface area contributed by atoms with Crippen LogP contribution in [0.3, 0.4) is 0 Å². The fourth-order valence-corrected chi connectivity index (χ4v) is 1.89. The minimum absolute atomic E-state index is 0.0309. The fourth-order valence-electron chi connectivity index (χ4n) is 1.68. The highest BCUT2D eigenvalue weighted by atomic mass is 32.1. The number of ether oxygens (including phenoxy) is 1. The Morgan fingerprint density at radius 3 is 2.23 bits per heavy atom. The maximum Gasteiger partial charge on any atom is 0.416 e. The van der Waals surface area contributed by atoms with Crippen molar-refractivity contribution in [1.29, 1.82) is 0 Å². The molecule has 3 N–H and O–H groups in total. The van der Waals surface area contributed by atoms with Crippen molar-refractivity contribution in [2.24, 2.45) is 10.2 Å². The van der Waals surface area contributed by atoms with E-state index < -0.39 is 11.7 Å². The van der Waals surface area contributed by atoms with Gasteiger partial charge in [0.2, 0.25) is 0 Å². The lowest BCUT2D eigenvalue weighted by atomic mass is 10.0. The van der Waals surface area contributed by atoms with Gasteiger partial charge in [-0.3, -0.25) is 5.43 Å². The van der Waals surface area contributed by atoms with Crippen LogP contribution in [-0.2, 0) is 10.9 Å². The summed E-state index contributed by atoms with van der Waals surface area (Å²) in [7, 11) is 1.62. The quantitative estimate of drug-likeness (QED) is 0.398. The summed E-state index contributed by atoms with van der Waals surface area (Å²) in [4.78, 5) is 0. The van der Waals surface area contributed by atoms with Gasteiger partial charge in [0.25, 0.3) is 5.17 Å². The Kier molecular flexibility index (Phi) is 8.39. The number of hydrogen-bond acceptors (Lipinski definition) is 5. The van der Waals surface area contributed by atoms with E-state index in [9.17, 15) is 13.2 Å². The van der Waals surface area contributed by atoms with E-state index in [1.54, 1.807) is 20.9 Å². The standard InChI is InChI=1S/C15H18F3N5OS2/c1-4-24-14(26)23-21-12(9(2)20-22-13(25)19-3)10-5-7-11(8-6-10)15(16,17)18/h5-8H,4H2,1-3H3,(H,23,26)(H2,19,22,25)/b20-9+,21-12-. The molecule has 0 aromatic heterocycles. The van der Waals surface area contributed by atoms with Crippen molar-refractivity contribution in [2.75, 3.05) is 13.7 Å². The van der Waals surface area contributed by atoms with Crippen LogP contribution in [0, 0.1) is 0 Å². The molecule has 0 amide bonds. The highest BCUT2D eigenvalue weighted by Gasteiger charge is 2.30. The van der Waals surface area contributed by atoms with Gasteiger partial charge in [0.15, 0.2) is 5.11 Å². The van der Waals surface area contributed by atoms with Crippen molar-refractivity contribution in [3.05, 3.63) is 35.4 Å². The average molecular weight is 405 g/mol. The molecule has 11 heteroatoms. The summed E-state index contributed by atoms with van der Waals surface area (Å²) in [6, 6.07) is 4.51. The number of rotatable bonds is 5. The van der Waals surface area contributed by atoms with E-state index in [4.69, 9.17) is 29.2 Å². The van der Waals surface area contributed by atoms with E-state index in [1.165, 1.54) is 12.1 Å². The summed E-state index contributed by atoms with van der Waals surface area (Å²) in [5.41, 5.74) is 5.40. The van der Waals surface area contributed by atoms with Crippen molar-refractivity contribution >= 4 is 46.1 Å². The highest BCUT2D eigenvalue weighted by molar-refractivity contribution is 7.80. The van der Waals surface area contributed by atoms with E-state index in [0.717, 1.165) is 12.1 Å². The molecule has 26 heavy (non-hydrogen) atoms. The second kappa shape index (κ2) is 10.0. The normalized spacial score (nSPS) is 12.4. The van der Waals surface area contributed by atoms with Gasteiger partial charge in [0.1, 0.15) is 5.71 Å². The zero-order valence-electron chi connectivity index (χ0n) is 14.3. The van der Waals surface area contributed by atoms with Crippen LogP contribution >= 0.6 is 24.4 Å². The van der Waals surface area contributed by atoms with Crippen LogP contribution < -0.4 is 16.2 Å². The molecule has 1 aromatic carbocycles. The van der Waals surface area contributed by atoms with Gasteiger partial charge < -0.3 is 10.1 Å². The molecule has 0 heterocycles. The van der Waals surface area contributed by atoms with Crippen molar-refractivity contribution in [2.45, 2.75) is 20.0 Å². The number of nitrogens with zero attached hydrogens (tertiary/aromatic N) is 2. The van der Waals surface area contributed by atoms with Crippen LogP contribution in [0.1, 0.15) is 25.0 Å². The molecule has 0 bridgehead atoms. The van der Waals surface area contributed by atoms with Crippen molar-refractivity contribution < 1.29 is 17.9 Å². The molecule has 142 valence electrons. The van der Waals surface area contributed by atoms with E-state index in [1.807, 2.05) is 0 Å². The zero-order valence-corrected chi connectivity index (χ0v) is 15.9. The Balaban J connectivity index is 3.16. The number of alkyl halides is 3. The van der Waals surface area contributed by atoms with Gasteiger partial charge in [0, 0.05) is 12.6 Å². The largest absolute Gasteiger partial charge is 0.470 e. The van der Waals surface area contributed by atoms with E-state index in [-0.39, 0.29) is 16.0 Å². The van der Waals surface area contributed by atoms with Gasteiger partial charge in [0.05, 0.1) is 17.9 Å². The van der Waals surface area contributed by atoms with Crippen LogP contribution in [0.2, 0.25) is 0 Å². The fraction of sp³-hybridized carbons (Fsp3) is 0.333.